The number of hydrogen-bond donors (Lipinski definition) is 0. The highest BCUT2D eigenvalue weighted by Gasteiger charge is 2.56. The highest BCUT2D eigenvalue weighted by atomic mass is 19.3. The Bertz CT molecular complexity index is 1150. The number of nitrogens with zero attached hydrogens (tertiary/aromatic N) is 4. The number of aromatic nitrogens is 4. The van der Waals surface area contributed by atoms with Crippen LogP contribution in [0.25, 0.3) is 27.7 Å². The monoisotopic (exact) mass is 354 g/mol. The summed E-state index contributed by atoms with van der Waals surface area (Å²) in [4.78, 5) is 4.26. The van der Waals surface area contributed by atoms with Crippen molar-refractivity contribution < 1.29 is 13.2 Å². The van der Waals surface area contributed by atoms with Crippen molar-refractivity contribution in [3.63, 3.8) is 0 Å². The number of fused-ring (bicyclic) bond motifs is 2. The maximum Gasteiger partial charge on any atom is 0.252 e. The fourth-order valence-electron chi connectivity index (χ4n) is 3.29. The first-order chi connectivity index (χ1) is 12.5. The fraction of sp³-hybridized carbons (Fsp3) is 0.211. The van der Waals surface area contributed by atoms with Crippen LogP contribution in [0.2, 0.25) is 0 Å². The predicted octanol–water partition coefficient (Wildman–Crippen LogP) is 4.28. The molecular formula is C19H13F3N4. The van der Waals surface area contributed by atoms with E-state index in [9.17, 15) is 13.2 Å². The third kappa shape index (κ3) is 2.34. The second-order valence-corrected chi connectivity index (χ2v) is 6.63. The summed E-state index contributed by atoms with van der Waals surface area (Å²) in [7, 11) is 0. The van der Waals surface area contributed by atoms with E-state index >= 15 is 0 Å². The van der Waals surface area contributed by atoms with Crippen LogP contribution in [0.1, 0.15) is 12.2 Å². The van der Waals surface area contributed by atoms with Crippen molar-refractivity contribution in [2.75, 3.05) is 0 Å². The molecule has 0 saturated heterocycles. The number of halogens is 3. The lowest BCUT2D eigenvalue weighted by molar-refractivity contribution is 0.0984. The van der Waals surface area contributed by atoms with Gasteiger partial charge in [-0.25, -0.2) is 13.2 Å². The summed E-state index contributed by atoms with van der Waals surface area (Å²) in [5, 5.41) is 8.70. The van der Waals surface area contributed by atoms with Gasteiger partial charge < -0.3 is 0 Å². The van der Waals surface area contributed by atoms with E-state index < -0.39 is 17.7 Å². The average molecular weight is 354 g/mol. The van der Waals surface area contributed by atoms with Gasteiger partial charge in [0.1, 0.15) is 5.82 Å². The Balaban J connectivity index is 1.57. The molecule has 4 aromatic rings. The van der Waals surface area contributed by atoms with Gasteiger partial charge in [-0.1, -0.05) is 12.1 Å². The molecule has 3 heterocycles. The van der Waals surface area contributed by atoms with E-state index in [0.717, 1.165) is 10.9 Å². The van der Waals surface area contributed by atoms with Crippen molar-refractivity contribution in [2.24, 2.45) is 5.92 Å². The Kier molecular flexibility index (Phi) is 3.10. The summed E-state index contributed by atoms with van der Waals surface area (Å²) in [6.45, 7) is 0. The molecule has 26 heavy (non-hydrogen) atoms. The van der Waals surface area contributed by atoms with Crippen LogP contribution in [-0.4, -0.2) is 25.5 Å². The van der Waals surface area contributed by atoms with Crippen molar-refractivity contribution in [2.45, 2.75) is 18.8 Å². The maximum atomic E-state index is 15.0. The van der Waals surface area contributed by atoms with Crippen molar-refractivity contribution >= 4 is 16.6 Å². The van der Waals surface area contributed by atoms with E-state index in [-0.39, 0.29) is 18.5 Å². The summed E-state index contributed by atoms with van der Waals surface area (Å²) in [6, 6.07) is 10.8. The van der Waals surface area contributed by atoms with Crippen molar-refractivity contribution in [1.29, 1.82) is 0 Å². The molecule has 1 fully saturated rings. The average Bonchev–Trinajstić information content (AvgIpc) is 3.04. The summed E-state index contributed by atoms with van der Waals surface area (Å²) in [6.07, 6.45) is 3.29. The fourth-order valence-corrected chi connectivity index (χ4v) is 3.29. The topological polar surface area (TPSA) is 43.1 Å². The van der Waals surface area contributed by atoms with Crippen LogP contribution in [0.3, 0.4) is 0 Å². The zero-order valence-electron chi connectivity index (χ0n) is 13.5. The van der Waals surface area contributed by atoms with E-state index in [4.69, 9.17) is 0 Å². The minimum Gasteiger partial charge on any atom is -0.284 e. The van der Waals surface area contributed by atoms with Crippen molar-refractivity contribution in [3.8, 4) is 11.1 Å². The molecule has 0 spiro atoms. The number of alkyl halides is 2. The number of benzene rings is 1. The van der Waals surface area contributed by atoms with Gasteiger partial charge in [-0.15, -0.1) is 10.2 Å². The first kappa shape index (κ1) is 15.3. The van der Waals surface area contributed by atoms with Crippen LogP contribution >= 0.6 is 0 Å². The van der Waals surface area contributed by atoms with Crippen LogP contribution in [0.15, 0.2) is 48.8 Å². The molecule has 0 amide bonds. The lowest BCUT2D eigenvalue weighted by atomic mass is 10.0. The van der Waals surface area contributed by atoms with Crippen molar-refractivity contribution in [3.05, 3.63) is 60.4 Å². The minimum atomic E-state index is -2.64. The summed E-state index contributed by atoms with van der Waals surface area (Å²) in [5.41, 5.74) is 1.96. The van der Waals surface area contributed by atoms with Gasteiger partial charge in [-0.2, -0.15) is 0 Å². The van der Waals surface area contributed by atoms with E-state index in [2.05, 4.69) is 15.2 Å². The van der Waals surface area contributed by atoms with Gasteiger partial charge in [0.05, 0.1) is 5.52 Å². The Morgan fingerprint density at radius 2 is 2.00 bits per heavy atom. The molecule has 1 unspecified atom stereocenters. The minimum absolute atomic E-state index is 0.0488. The Morgan fingerprint density at radius 3 is 2.81 bits per heavy atom. The van der Waals surface area contributed by atoms with Crippen LogP contribution < -0.4 is 0 Å². The first-order valence-electron chi connectivity index (χ1n) is 8.28. The molecule has 1 saturated carbocycles. The Hall–Kier alpha value is -2.96. The molecule has 1 aromatic carbocycles. The molecule has 1 atom stereocenters. The molecule has 0 N–H and O–H groups in total. The summed E-state index contributed by atoms with van der Waals surface area (Å²) < 4.78 is 42.7. The number of hydrogen-bond acceptors (Lipinski definition) is 3. The second-order valence-electron chi connectivity index (χ2n) is 6.63. The van der Waals surface area contributed by atoms with Gasteiger partial charge in [-0.05, 0) is 29.8 Å². The summed E-state index contributed by atoms with van der Waals surface area (Å²) in [5.74, 6) is -3.53. The number of pyridine rings is 2. The molecule has 130 valence electrons. The first-order valence-corrected chi connectivity index (χ1v) is 8.28. The zero-order valence-corrected chi connectivity index (χ0v) is 13.5. The lowest BCUT2D eigenvalue weighted by Gasteiger charge is -2.07. The predicted molar refractivity (Wildman–Crippen MR) is 90.4 cm³/mol. The summed E-state index contributed by atoms with van der Waals surface area (Å²) >= 11 is 0. The standard InChI is InChI=1S/C19H13F3N4/c20-17-14(11-3-4-15-12(8-11)2-1-6-23-15)5-7-26-16(24-25-18(17)26)9-13-10-19(13,21)22/h1-8,13H,9-10H2. The molecular weight excluding hydrogens is 341 g/mol. The quantitative estimate of drug-likeness (QED) is 0.551. The van der Waals surface area contributed by atoms with E-state index in [1.165, 1.54) is 4.40 Å². The maximum absolute atomic E-state index is 15.0. The Labute approximate surface area is 146 Å². The van der Waals surface area contributed by atoms with Crippen LogP contribution in [0.4, 0.5) is 13.2 Å². The third-order valence-electron chi connectivity index (χ3n) is 4.89. The van der Waals surface area contributed by atoms with Crippen LogP contribution in [0.5, 0.6) is 0 Å². The van der Waals surface area contributed by atoms with Gasteiger partial charge in [-0.3, -0.25) is 9.38 Å². The van der Waals surface area contributed by atoms with Gasteiger partial charge in [0.2, 0.25) is 0 Å². The molecule has 3 aromatic heterocycles. The van der Waals surface area contributed by atoms with E-state index in [1.54, 1.807) is 24.5 Å². The highest BCUT2D eigenvalue weighted by Crippen LogP contribution is 2.50. The molecule has 0 bridgehead atoms. The third-order valence-corrected chi connectivity index (χ3v) is 4.89. The van der Waals surface area contributed by atoms with Gasteiger partial charge in [0.25, 0.3) is 5.92 Å². The second kappa shape index (κ2) is 5.27. The van der Waals surface area contributed by atoms with Crippen LogP contribution in [0, 0.1) is 11.7 Å². The van der Waals surface area contributed by atoms with Crippen molar-refractivity contribution in [1.82, 2.24) is 19.6 Å². The lowest BCUT2D eigenvalue weighted by Crippen LogP contribution is -2.02. The normalized spacial score (nSPS) is 18.5. The van der Waals surface area contributed by atoms with Gasteiger partial charge in [0.15, 0.2) is 11.5 Å². The molecule has 5 rings (SSSR count). The van der Waals surface area contributed by atoms with Gasteiger partial charge in [0, 0.05) is 42.1 Å². The largest absolute Gasteiger partial charge is 0.284 e. The molecule has 1 aliphatic carbocycles. The van der Waals surface area contributed by atoms with Crippen LogP contribution in [-0.2, 0) is 6.42 Å². The van der Waals surface area contributed by atoms with E-state index in [1.807, 2.05) is 24.3 Å². The SMILES string of the molecule is Fc1c(-c2ccc3ncccc3c2)ccn2c(CC3CC3(F)F)nnc12. The number of rotatable bonds is 3. The molecule has 0 aliphatic heterocycles. The highest BCUT2D eigenvalue weighted by molar-refractivity contribution is 5.84. The smallest absolute Gasteiger partial charge is 0.252 e. The molecule has 7 heteroatoms. The molecule has 4 nitrogen and oxygen atoms in total. The van der Waals surface area contributed by atoms with Gasteiger partial charge >= 0.3 is 0 Å². The Morgan fingerprint density at radius 1 is 1.15 bits per heavy atom. The molecule has 1 aliphatic rings. The zero-order chi connectivity index (χ0) is 17.9. The molecule has 0 radical (unpaired) electrons. The van der Waals surface area contributed by atoms with E-state index in [0.29, 0.717) is 17.0 Å².